The molecule has 1 aromatic heterocycles. The van der Waals surface area contributed by atoms with E-state index in [1.807, 2.05) is 26.0 Å². The van der Waals surface area contributed by atoms with Crippen molar-refractivity contribution >= 4 is 11.9 Å². The SMILES string of the molecule is CC(C)[C@H](NC(=O)CC1(C(=O)O)CCCCCC1)c1ccncc1. The van der Waals surface area contributed by atoms with E-state index in [4.69, 9.17) is 0 Å². The molecule has 1 saturated carbocycles. The van der Waals surface area contributed by atoms with Crippen molar-refractivity contribution in [1.82, 2.24) is 10.3 Å². The van der Waals surface area contributed by atoms with E-state index in [1.165, 1.54) is 0 Å². The highest BCUT2D eigenvalue weighted by Crippen LogP contribution is 2.38. The topological polar surface area (TPSA) is 79.3 Å². The van der Waals surface area contributed by atoms with Gasteiger partial charge >= 0.3 is 5.97 Å². The number of carbonyl (C=O) groups excluding carboxylic acids is 1. The summed E-state index contributed by atoms with van der Waals surface area (Å²) in [4.78, 5) is 28.5. The molecular weight excluding hydrogens is 304 g/mol. The first-order chi connectivity index (χ1) is 11.4. The van der Waals surface area contributed by atoms with Gasteiger partial charge in [0, 0.05) is 18.8 Å². The number of nitrogens with zero attached hydrogens (tertiary/aromatic N) is 1. The molecule has 1 aliphatic rings. The molecule has 0 aromatic carbocycles. The third-order valence-corrected chi connectivity index (χ3v) is 5.06. The molecule has 5 nitrogen and oxygen atoms in total. The zero-order valence-corrected chi connectivity index (χ0v) is 14.6. The van der Waals surface area contributed by atoms with Crippen LogP contribution in [-0.4, -0.2) is 22.0 Å². The first kappa shape index (κ1) is 18.4. The molecule has 2 N–H and O–H groups in total. The standard InChI is InChI=1S/C19H28N2O3/c1-14(2)17(15-7-11-20-12-8-15)21-16(22)13-19(18(23)24)9-5-3-4-6-10-19/h7-8,11-12,14,17H,3-6,9-10,13H2,1-2H3,(H,21,22)(H,23,24)/t17-/m0/s1. The number of pyridine rings is 1. The van der Waals surface area contributed by atoms with Crippen LogP contribution >= 0.6 is 0 Å². The number of carbonyl (C=O) groups is 2. The molecule has 5 heteroatoms. The predicted molar refractivity (Wildman–Crippen MR) is 92.3 cm³/mol. The molecule has 1 aromatic rings. The summed E-state index contributed by atoms with van der Waals surface area (Å²) >= 11 is 0. The quantitative estimate of drug-likeness (QED) is 0.778. The molecule has 1 fully saturated rings. The van der Waals surface area contributed by atoms with Crippen LogP contribution in [0, 0.1) is 11.3 Å². The van der Waals surface area contributed by atoms with Gasteiger partial charge in [-0.05, 0) is 36.5 Å². The molecule has 1 atom stereocenters. The number of amides is 1. The van der Waals surface area contributed by atoms with Crippen LogP contribution in [0.5, 0.6) is 0 Å². The highest BCUT2D eigenvalue weighted by atomic mass is 16.4. The Morgan fingerprint density at radius 3 is 2.25 bits per heavy atom. The maximum Gasteiger partial charge on any atom is 0.310 e. The third-order valence-electron chi connectivity index (χ3n) is 5.06. The minimum atomic E-state index is -0.902. The molecule has 0 aliphatic heterocycles. The second-order valence-electron chi connectivity index (χ2n) is 7.25. The number of aliphatic carboxylic acids is 1. The molecule has 1 aliphatic carbocycles. The Bertz CT molecular complexity index is 549. The van der Waals surface area contributed by atoms with E-state index in [0.29, 0.717) is 12.8 Å². The zero-order chi connectivity index (χ0) is 17.6. The fourth-order valence-corrected chi connectivity index (χ4v) is 3.61. The van der Waals surface area contributed by atoms with Gasteiger partial charge in [0.1, 0.15) is 0 Å². The lowest BCUT2D eigenvalue weighted by Gasteiger charge is -2.29. The fourth-order valence-electron chi connectivity index (χ4n) is 3.61. The van der Waals surface area contributed by atoms with Gasteiger partial charge in [0.05, 0.1) is 11.5 Å². The smallest absolute Gasteiger partial charge is 0.310 e. The van der Waals surface area contributed by atoms with Crippen LogP contribution in [0.4, 0.5) is 0 Å². The number of aromatic nitrogens is 1. The molecule has 1 heterocycles. The van der Waals surface area contributed by atoms with Gasteiger partial charge in [-0.2, -0.15) is 0 Å². The number of rotatable bonds is 6. The zero-order valence-electron chi connectivity index (χ0n) is 14.6. The summed E-state index contributed by atoms with van der Waals surface area (Å²) in [6.45, 7) is 4.09. The summed E-state index contributed by atoms with van der Waals surface area (Å²) in [5.74, 6) is -0.786. The predicted octanol–water partition coefficient (Wildman–Crippen LogP) is 3.71. The van der Waals surface area contributed by atoms with Crippen LogP contribution in [0.15, 0.2) is 24.5 Å². The minimum Gasteiger partial charge on any atom is -0.481 e. The molecular formula is C19H28N2O3. The largest absolute Gasteiger partial charge is 0.481 e. The van der Waals surface area contributed by atoms with E-state index in [0.717, 1.165) is 31.2 Å². The van der Waals surface area contributed by atoms with Crippen molar-refractivity contribution in [2.45, 2.75) is 64.8 Å². The lowest BCUT2D eigenvalue weighted by molar-refractivity contribution is -0.153. The molecule has 2 rings (SSSR count). The van der Waals surface area contributed by atoms with Crippen LogP contribution in [0.1, 0.15) is 70.4 Å². The average molecular weight is 332 g/mol. The molecule has 0 unspecified atom stereocenters. The van der Waals surface area contributed by atoms with Gasteiger partial charge in [0.2, 0.25) is 5.91 Å². The highest BCUT2D eigenvalue weighted by Gasteiger charge is 2.41. The van der Waals surface area contributed by atoms with Crippen molar-refractivity contribution in [2.24, 2.45) is 11.3 Å². The van der Waals surface area contributed by atoms with Crippen molar-refractivity contribution in [3.63, 3.8) is 0 Å². The first-order valence-corrected chi connectivity index (χ1v) is 8.87. The summed E-state index contributed by atoms with van der Waals surface area (Å²) < 4.78 is 0. The van der Waals surface area contributed by atoms with Gasteiger partial charge in [-0.15, -0.1) is 0 Å². The van der Waals surface area contributed by atoms with Gasteiger partial charge in [0.25, 0.3) is 0 Å². The monoisotopic (exact) mass is 332 g/mol. The Labute approximate surface area is 143 Å². The van der Waals surface area contributed by atoms with E-state index < -0.39 is 11.4 Å². The Hall–Kier alpha value is -1.91. The van der Waals surface area contributed by atoms with E-state index in [2.05, 4.69) is 10.3 Å². The lowest BCUT2D eigenvalue weighted by atomic mass is 9.77. The van der Waals surface area contributed by atoms with Crippen molar-refractivity contribution in [3.05, 3.63) is 30.1 Å². The number of carboxylic acid groups (broad SMARTS) is 1. The fraction of sp³-hybridized carbons (Fsp3) is 0.632. The van der Waals surface area contributed by atoms with E-state index in [1.54, 1.807) is 12.4 Å². The van der Waals surface area contributed by atoms with Crippen LogP contribution in [0.3, 0.4) is 0 Å². The second-order valence-corrected chi connectivity index (χ2v) is 7.25. The van der Waals surface area contributed by atoms with Crippen LogP contribution in [0.25, 0.3) is 0 Å². The highest BCUT2D eigenvalue weighted by molar-refractivity contribution is 5.85. The molecule has 0 radical (unpaired) electrons. The number of nitrogens with one attached hydrogen (secondary N) is 1. The molecule has 0 saturated heterocycles. The normalized spacial score (nSPS) is 18.6. The maximum absolute atomic E-state index is 12.6. The van der Waals surface area contributed by atoms with E-state index in [9.17, 15) is 14.7 Å². The summed E-state index contributed by atoms with van der Waals surface area (Å²) in [6.07, 6.45) is 8.56. The van der Waals surface area contributed by atoms with Crippen molar-refractivity contribution in [1.29, 1.82) is 0 Å². The van der Waals surface area contributed by atoms with Gasteiger partial charge in [-0.25, -0.2) is 0 Å². The van der Waals surface area contributed by atoms with Crippen molar-refractivity contribution in [3.8, 4) is 0 Å². The minimum absolute atomic E-state index is 0.0661. The number of hydrogen-bond donors (Lipinski definition) is 2. The van der Waals surface area contributed by atoms with Crippen LogP contribution in [0.2, 0.25) is 0 Å². The molecule has 1 amide bonds. The summed E-state index contributed by atoms with van der Waals surface area (Å²) in [7, 11) is 0. The first-order valence-electron chi connectivity index (χ1n) is 8.87. The Morgan fingerprint density at radius 1 is 1.17 bits per heavy atom. The van der Waals surface area contributed by atoms with Gasteiger partial charge in [0.15, 0.2) is 0 Å². The Balaban J connectivity index is 2.10. The van der Waals surface area contributed by atoms with Gasteiger partial charge in [-0.1, -0.05) is 39.5 Å². The van der Waals surface area contributed by atoms with E-state index >= 15 is 0 Å². The van der Waals surface area contributed by atoms with Crippen molar-refractivity contribution in [2.75, 3.05) is 0 Å². The van der Waals surface area contributed by atoms with Crippen LogP contribution < -0.4 is 5.32 Å². The molecule has 0 bridgehead atoms. The second kappa shape index (κ2) is 8.27. The third kappa shape index (κ3) is 4.56. The molecule has 24 heavy (non-hydrogen) atoms. The van der Waals surface area contributed by atoms with E-state index in [-0.39, 0.29) is 24.3 Å². The maximum atomic E-state index is 12.6. The van der Waals surface area contributed by atoms with Gasteiger partial charge in [-0.3, -0.25) is 14.6 Å². The molecule has 132 valence electrons. The number of carboxylic acids is 1. The lowest BCUT2D eigenvalue weighted by Crippen LogP contribution is -2.39. The molecule has 0 spiro atoms. The van der Waals surface area contributed by atoms with Crippen LogP contribution in [-0.2, 0) is 9.59 Å². The Kier molecular flexibility index (Phi) is 6.35. The van der Waals surface area contributed by atoms with Gasteiger partial charge < -0.3 is 10.4 Å². The Morgan fingerprint density at radius 2 is 1.75 bits per heavy atom. The summed E-state index contributed by atoms with van der Waals surface area (Å²) in [5.41, 5.74) is 0.0963. The summed E-state index contributed by atoms with van der Waals surface area (Å²) in [5, 5.41) is 12.8. The summed E-state index contributed by atoms with van der Waals surface area (Å²) in [6, 6.07) is 3.66. The average Bonchev–Trinajstić information content (AvgIpc) is 2.79. The number of hydrogen-bond acceptors (Lipinski definition) is 3. The van der Waals surface area contributed by atoms with Crippen molar-refractivity contribution < 1.29 is 14.7 Å².